The van der Waals surface area contributed by atoms with E-state index in [1.807, 2.05) is 36.5 Å². The van der Waals surface area contributed by atoms with Crippen molar-refractivity contribution in [2.24, 2.45) is 4.99 Å². The van der Waals surface area contributed by atoms with Gasteiger partial charge in [-0.15, -0.1) is 0 Å². The average molecular weight is 410 g/mol. The van der Waals surface area contributed by atoms with Crippen molar-refractivity contribution in [1.29, 1.82) is 0 Å². The molecule has 0 atom stereocenters. The van der Waals surface area contributed by atoms with Crippen LogP contribution in [0.15, 0.2) is 94.3 Å². The van der Waals surface area contributed by atoms with Gasteiger partial charge in [0.15, 0.2) is 5.82 Å². The van der Waals surface area contributed by atoms with Gasteiger partial charge < -0.3 is 5.32 Å². The van der Waals surface area contributed by atoms with Gasteiger partial charge >= 0.3 is 0 Å². The highest BCUT2D eigenvalue weighted by Gasteiger charge is 2.22. The molecule has 6 heteroatoms. The van der Waals surface area contributed by atoms with E-state index in [0.717, 1.165) is 38.3 Å². The minimum absolute atomic E-state index is 0.665. The third kappa shape index (κ3) is 3.69. The Morgan fingerprint density at radius 1 is 0.967 bits per heavy atom. The van der Waals surface area contributed by atoms with Crippen LogP contribution in [0.2, 0.25) is 0 Å². The molecule has 0 spiro atoms. The monoisotopic (exact) mass is 409 g/mol. The van der Waals surface area contributed by atoms with Crippen LogP contribution < -0.4 is 5.32 Å². The fourth-order valence-electron chi connectivity index (χ4n) is 3.37. The first-order chi connectivity index (χ1) is 14.8. The highest BCUT2D eigenvalue weighted by Crippen LogP contribution is 2.42. The van der Waals surface area contributed by atoms with E-state index < -0.39 is 0 Å². The number of anilines is 1. The number of pyridine rings is 1. The lowest BCUT2D eigenvalue weighted by atomic mass is 10.0. The van der Waals surface area contributed by atoms with Crippen LogP contribution >= 0.6 is 11.8 Å². The van der Waals surface area contributed by atoms with Crippen LogP contribution in [-0.4, -0.2) is 20.7 Å². The van der Waals surface area contributed by atoms with E-state index >= 15 is 0 Å². The number of benzene rings is 2. The van der Waals surface area contributed by atoms with Crippen molar-refractivity contribution in [3.05, 3.63) is 102 Å². The van der Waals surface area contributed by atoms with Crippen molar-refractivity contribution in [2.75, 3.05) is 5.32 Å². The molecule has 0 bridgehead atoms. The molecule has 0 unspecified atom stereocenters. The van der Waals surface area contributed by atoms with Gasteiger partial charge in [-0.2, -0.15) is 0 Å². The lowest BCUT2D eigenvalue weighted by molar-refractivity contribution is 1.02. The van der Waals surface area contributed by atoms with Crippen molar-refractivity contribution in [2.45, 2.75) is 23.4 Å². The SMILES string of the molecule is Cc1ccc2c(c1)C(c1cccnc1)=Nc1c(NCc3ccccc3)ncnc1S2. The van der Waals surface area contributed by atoms with Gasteiger partial charge in [-0.25, -0.2) is 15.0 Å². The Hall–Kier alpha value is -3.51. The molecule has 5 rings (SSSR count). The summed E-state index contributed by atoms with van der Waals surface area (Å²) in [7, 11) is 0. The molecule has 1 N–H and O–H groups in total. The summed E-state index contributed by atoms with van der Waals surface area (Å²) in [6.45, 7) is 2.76. The number of nitrogens with one attached hydrogen (secondary N) is 1. The van der Waals surface area contributed by atoms with Gasteiger partial charge in [0, 0.05) is 35.0 Å². The molecular formula is C24H19N5S. The van der Waals surface area contributed by atoms with Crippen molar-refractivity contribution in [3.8, 4) is 0 Å². The Morgan fingerprint density at radius 3 is 2.70 bits per heavy atom. The quantitative estimate of drug-likeness (QED) is 0.401. The fraction of sp³-hybridized carbons (Fsp3) is 0.0833. The van der Waals surface area contributed by atoms with E-state index in [-0.39, 0.29) is 0 Å². The Balaban J connectivity index is 1.63. The largest absolute Gasteiger partial charge is 0.364 e. The second kappa shape index (κ2) is 8.08. The zero-order valence-corrected chi connectivity index (χ0v) is 17.2. The smallest absolute Gasteiger partial charge is 0.156 e. The van der Waals surface area contributed by atoms with E-state index in [4.69, 9.17) is 4.99 Å². The van der Waals surface area contributed by atoms with Gasteiger partial charge in [-0.1, -0.05) is 53.7 Å². The van der Waals surface area contributed by atoms with Gasteiger partial charge in [0.25, 0.3) is 0 Å². The van der Waals surface area contributed by atoms with E-state index in [1.54, 1.807) is 24.3 Å². The summed E-state index contributed by atoms with van der Waals surface area (Å²) < 4.78 is 0. The third-order valence-corrected chi connectivity index (χ3v) is 5.91. The lowest BCUT2D eigenvalue weighted by Gasteiger charge is -2.10. The van der Waals surface area contributed by atoms with Gasteiger partial charge in [0.2, 0.25) is 0 Å². The predicted octanol–water partition coefficient (Wildman–Crippen LogP) is 5.43. The van der Waals surface area contributed by atoms with Gasteiger partial charge in [0.1, 0.15) is 17.0 Å². The number of rotatable bonds is 4. The maximum atomic E-state index is 5.07. The molecule has 4 aromatic rings. The summed E-state index contributed by atoms with van der Waals surface area (Å²) in [5, 5.41) is 4.28. The van der Waals surface area contributed by atoms with Crippen LogP contribution in [0.25, 0.3) is 0 Å². The van der Waals surface area contributed by atoms with Crippen LogP contribution in [0.4, 0.5) is 11.5 Å². The van der Waals surface area contributed by atoms with Gasteiger partial charge in [-0.05, 0) is 36.8 Å². The molecule has 0 saturated heterocycles. The highest BCUT2D eigenvalue weighted by molar-refractivity contribution is 7.99. The molecule has 5 nitrogen and oxygen atoms in total. The number of aliphatic imine (C=N–C) groups is 1. The van der Waals surface area contributed by atoms with Gasteiger partial charge in [0.05, 0.1) is 5.71 Å². The second-order valence-corrected chi connectivity index (χ2v) is 8.05. The molecule has 0 aliphatic carbocycles. The van der Waals surface area contributed by atoms with Crippen molar-refractivity contribution in [1.82, 2.24) is 15.0 Å². The minimum Gasteiger partial charge on any atom is -0.364 e. The Kier molecular flexibility index (Phi) is 4.99. The maximum Gasteiger partial charge on any atom is 0.156 e. The predicted molar refractivity (Wildman–Crippen MR) is 121 cm³/mol. The number of fused-ring (bicyclic) bond motifs is 2. The molecule has 3 heterocycles. The van der Waals surface area contributed by atoms with Gasteiger partial charge in [-0.3, -0.25) is 4.98 Å². The van der Waals surface area contributed by atoms with Crippen molar-refractivity contribution in [3.63, 3.8) is 0 Å². The number of hydrogen-bond donors (Lipinski definition) is 1. The number of nitrogens with zero attached hydrogens (tertiary/aromatic N) is 4. The zero-order valence-electron chi connectivity index (χ0n) is 16.4. The molecule has 0 amide bonds. The molecule has 0 fully saturated rings. The summed E-state index contributed by atoms with van der Waals surface area (Å²) in [5.74, 6) is 0.724. The summed E-state index contributed by atoms with van der Waals surface area (Å²) in [6.07, 6.45) is 5.22. The second-order valence-electron chi connectivity index (χ2n) is 7.02. The van der Waals surface area contributed by atoms with Crippen LogP contribution in [-0.2, 0) is 6.54 Å². The molecule has 0 saturated carbocycles. The number of aromatic nitrogens is 3. The molecule has 146 valence electrons. The molecule has 2 aromatic heterocycles. The van der Waals surface area contributed by atoms with Crippen LogP contribution in [0.5, 0.6) is 0 Å². The summed E-state index contributed by atoms with van der Waals surface area (Å²) >= 11 is 1.62. The first-order valence-electron chi connectivity index (χ1n) is 9.69. The number of hydrogen-bond acceptors (Lipinski definition) is 6. The molecule has 0 radical (unpaired) electrons. The Labute approximate surface area is 179 Å². The first-order valence-corrected chi connectivity index (χ1v) is 10.5. The first kappa shape index (κ1) is 18.5. The van der Waals surface area contributed by atoms with Crippen molar-refractivity contribution < 1.29 is 0 Å². The highest BCUT2D eigenvalue weighted by atomic mass is 32.2. The zero-order chi connectivity index (χ0) is 20.3. The summed E-state index contributed by atoms with van der Waals surface area (Å²) in [4.78, 5) is 19.5. The van der Waals surface area contributed by atoms with E-state index in [0.29, 0.717) is 6.54 Å². The van der Waals surface area contributed by atoms with E-state index in [9.17, 15) is 0 Å². The third-order valence-electron chi connectivity index (χ3n) is 4.85. The molecule has 2 aromatic carbocycles. The average Bonchev–Trinajstić information content (AvgIpc) is 2.96. The minimum atomic E-state index is 0.665. The lowest BCUT2D eigenvalue weighted by Crippen LogP contribution is -2.06. The summed E-state index contributed by atoms with van der Waals surface area (Å²) in [5.41, 5.74) is 6.05. The normalized spacial score (nSPS) is 12.4. The Morgan fingerprint density at radius 2 is 1.87 bits per heavy atom. The summed E-state index contributed by atoms with van der Waals surface area (Å²) in [6, 6.07) is 20.6. The fourth-order valence-corrected chi connectivity index (χ4v) is 4.31. The van der Waals surface area contributed by atoms with Crippen LogP contribution in [0.1, 0.15) is 22.3 Å². The van der Waals surface area contributed by atoms with E-state index in [2.05, 4.69) is 57.5 Å². The molecule has 30 heavy (non-hydrogen) atoms. The molecule has 1 aliphatic rings. The topological polar surface area (TPSA) is 63.1 Å². The number of aryl methyl sites for hydroxylation is 1. The van der Waals surface area contributed by atoms with Crippen LogP contribution in [0.3, 0.4) is 0 Å². The molecular weight excluding hydrogens is 390 g/mol. The maximum absolute atomic E-state index is 5.07. The molecule has 1 aliphatic heterocycles. The van der Waals surface area contributed by atoms with E-state index in [1.165, 1.54) is 11.1 Å². The standard InChI is InChI=1S/C24H19N5S/c1-16-9-10-20-19(12-16)21(18-8-5-11-25-14-18)29-22-23(27-15-28-24(22)30-20)26-13-17-6-3-2-4-7-17/h2-12,14-15H,13H2,1H3,(H,26,27,28). The van der Waals surface area contributed by atoms with Crippen molar-refractivity contribution >= 4 is 29.0 Å². The Bertz CT molecular complexity index is 1220. The van der Waals surface area contributed by atoms with Crippen LogP contribution in [0, 0.1) is 6.92 Å².